The van der Waals surface area contributed by atoms with Crippen molar-refractivity contribution in [2.24, 2.45) is 0 Å². The largest absolute Gasteiger partial charge is 0.143 e. The third-order valence-corrected chi connectivity index (χ3v) is 6.49. The summed E-state index contributed by atoms with van der Waals surface area (Å²) in [6.45, 7) is 6.68. The van der Waals surface area contributed by atoms with Crippen LogP contribution in [0.4, 0.5) is 0 Å². The first-order valence-corrected chi connectivity index (χ1v) is 8.47. The summed E-state index contributed by atoms with van der Waals surface area (Å²) < 4.78 is 0. The molecule has 0 amide bonds. The maximum Gasteiger partial charge on any atom is 0.0738 e. The number of halogens is 3. The van der Waals surface area contributed by atoms with E-state index in [2.05, 4.69) is 48.8 Å². The highest BCUT2D eigenvalue weighted by molar-refractivity contribution is 9.09. The molecule has 0 radical (unpaired) electrons. The number of benzene rings is 1. The summed E-state index contributed by atoms with van der Waals surface area (Å²) in [6.07, 6.45) is 0. The molecular weight excluding hydrogens is 363 g/mol. The lowest BCUT2D eigenvalue weighted by Crippen LogP contribution is -2.07. The van der Waals surface area contributed by atoms with E-state index < -0.39 is 0 Å². The predicted octanol–water partition coefficient (Wildman–Crippen LogP) is 6.84. The van der Waals surface area contributed by atoms with E-state index in [9.17, 15) is 0 Å². The Labute approximate surface area is 136 Å². The van der Waals surface area contributed by atoms with Crippen LogP contribution in [0.5, 0.6) is 0 Å². The smallest absolute Gasteiger partial charge is 0.0738 e. The average molecular weight is 378 g/mol. The van der Waals surface area contributed by atoms with Crippen molar-refractivity contribution < 1.29 is 0 Å². The molecule has 102 valence electrons. The third kappa shape index (κ3) is 3.55. The minimum atomic E-state index is 0.156. The van der Waals surface area contributed by atoms with E-state index >= 15 is 0 Å². The van der Waals surface area contributed by atoms with E-state index in [0.717, 1.165) is 5.56 Å². The highest BCUT2D eigenvalue weighted by Crippen LogP contribution is 2.40. The van der Waals surface area contributed by atoms with Gasteiger partial charge in [-0.1, -0.05) is 66.0 Å². The second-order valence-electron chi connectivity index (χ2n) is 5.49. The van der Waals surface area contributed by atoms with Crippen molar-refractivity contribution >= 4 is 50.5 Å². The molecule has 0 saturated heterocycles. The Hall–Kier alpha value is -0.0200. The molecule has 0 aliphatic rings. The molecule has 0 nitrogen and oxygen atoms in total. The number of hydrogen-bond acceptors (Lipinski definition) is 1. The van der Waals surface area contributed by atoms with Gasteiger partial charge in [0.15, 0.2) is 0 Å². The first kappa shape index (κ1) is 15.4. The second-order valence-corrected chi connectivity index (χ2v) is 8.33. The topological polar surface area (TPSA) is 0 Å². The number of rotatable bonds is 2. The Bertz CT molecular complexity index is 584. The maximum absolute atomic E-state index is 6.07. The fourth-order valence-electron chi connectivity index (χ4n) is 1.73. The summed E-state index contributed by atoms with van der Waals surface area (Å²) in [5.74, 6) is 0. The highest BCUT2D eigenvalue weighted by Gasteiger charge is 2.19. The van der Waals surface area contributed by atoms with Crippen LogP contribution >= 0.6 is 50.5 Å². The van der Waals surface area contributed by atoms with Gasteiger partial charge in [-0.3, -0.25) is 0 Å². The van der Waals surface area contributed by atoms with E-state index in [0.29, 0.717) is 10.0 Å². The lowest BCUT2D eigenvalue weighted by molar-refractivity contribution is 0.604. The molecule has 0 saturated carbocycles. The van der Waals surface area contributed by atoms with Gasteiger partial charge < -0.3 is 0 Å². The third-order valence-electron chi connectivity index (χ3n) is 2.85. The van der Waals surface area contributed by atoms with Crippen LogP contribution in [0.3, 0.4) is 0 Å². The molecule has 1 atom stereocenters. The van der Waals surface area contributed by atoms with Crippen LogP contribution in [0, 0.1) is 0 Å². The van der Waals surface area contributed by atoms with Crippen molar-refractivity contribution in [2.45, 2.75) is 31.0 Å². The Morgan fingerprint density at radius 3 is 2.26 bits per heavy atom. The SMILES string of the molecule is CC(C)(C)c1ccc(C(Br)c2ccc(Cl)c(Cl)c2)s1. The lowest BCUT2D eigenvalue weighted by Gasteiger charge is -2.15. The summed E-state index contributed by atoms with van der Waals surface area (Å²) >= 11 is 17.6. The number of alkyl halides is 1. The molecule has 0 spiro atoms. The molecule has 0 aliphatic carbocycles. The summed E-state index contributed by atoms with van der Waals surface area (Å²) in [5, 5.41) is 1.18. The molecule has 1 aromatic carbocycles. The highest BCUT2D eigenvalue weighted by atomic mass is 79.9. The number of hydrogen-bond donors (Lipinski definition) is 0. The number of thiophene rings is 1. The first-order chi connectivity index (χ1) is 8.79. The maximum atomic E-state index is 6.07. The molecule has 2 rings (SSSR count). The quantitative estimate of drug-likeness (QED) is 0.502. The Balaban J connectivity index is 2.31. The van der Waals surface area contributed by atoms with Crippen LogP contribution in [0.15, 0.2) is 30.3 Å². The van der Waals surface area contributed by atoms with Gasteiger partial charge in [0.25, 0.3) is 0 Å². The summed E-state index contributed by atoms with van der Waals surface area (Å²) in [5.41, 5.74) is 1.31. The van der Waals surface area contributed by atoms with Gasteiger partial charge in [0.2, 0.25) is 0 Å². The summed E-state index contributed by atoms with van der Waals surface area (Å²) in [4.78, 5) is 2.82. The first-order valence-electron chi connectivity index (χ1n) is 5.98. The van der Waals surface area contributed by atoms with Gasteiger partial charge in [0.1, 0.15) is 0 Å². The molecule has 0 aliphatic heterocycles. The van der Waals surface area contributed by atoms with Gasteiger partial charge in [0.05, 0.1) is 14.9 Å². The Morgan fingerprint density at radius 1 is 1.05 bits per heavy atom. The van der Waals surface area contributed by atoms with Crippen LogP contribution in [-0.2, 0) is 5.41 Å². The van der Waals surface area contributed by atoms with Gasteiger partial charge in [0, 0.05) is 9.75 Å². The molecule has 2 aromatic rings. The average Bonchev–Trinajstić information content (AvgIpc) is 2.81. The predicted molar refractivity (Wildman–Crippen MR) is 90.3 cm³/mol. The zero-order valence-electron chi connectivity index (χ0n) is 11.0. The summed E-state index contributed by atoms with van der Waals surface area (Å²) in [7, 11) is 0. The molecule has 0 fully saturated rings. The van der Waals surface area contributed by atoms with Gasteiger partial charge in [-0.2, -0.15) is 0 Å². The molecule has 1 aromatic heterocycles. The van der Waals surface area contributed by atoms with Gasteiger partial charge in [-0.15, -0.1) is 11.3 Å². The Kier molecular flexibility index (Phi) is 4.67. The van der Waals surface area contributed by atoms with Crippen molar-refractivity contribution in [2.75, 3.05) is 0 Å². The van der Waals surface area contributed by atoms with Gasteiger partial charge in [-0.25, -0.2) is 0 Å². The molecule has 0 N–H and O–H groups in total. The van der Waals surface area contributed by atoms with E-state index in [1.165, 1.54) is 9.75 Å². The zero-order chi connectivity index (χ0) is 14.2. The van der Waals surface area contributed by atoms with E-state index in [4.69, 9.17) is 23.2 Å². The molecule has 1 heterocycles. The zero-order valence-corrected chi connectivity index (χ0v) is 14.9. The lowest BCUT2D eigenvalue weighted by atomic mass is 9.95. The van der Waals surface area contributed by atoms with Gasteiger partial charge in [-0.05, 0) is 35.2 Å². The van der Waals surface area contributed by atoms with Crippen LogP contribution in [0.2, 0.25) is 10.0 Å². The van der Waals surface area contributed by atoms with Crippen molar-refractivity contribution in [3.8, 4) is 0 Å². The van der Waals surface area contributed by atoms with Crippen molar-refractivity contribution in [3.63, 3.8) is 0 Å². The molecule has 4 heteroatoms. The van der Waals surface area contributed by atoms with Crippen LogP contribution < -0.4 is 0 Å². The van der Waals surface area contributed by atoms with E-state index in [1.54, 1.807) is 0 Å². The van der Waals surface area contributed by atoms with Crippen LogP contribution in [0.25, 0.3) is 0 Å². The van der Waals surface area contributed by atoms with E-state index in [1.807, 2.05) is 29.5 Å². The minimum Gasteiger partial charge on any atom is -0.143 e. The molecular formula is C15H15BrCl2S. The second kappa shape index (κ2) is 5.77. The Morgan fingerprint density at radius 2 is 1.74 bits per heavy atom. The molecule has 19 heavy (non-hydrogen) atoms. The van der Waals surface area contributed by atoms with Crippen LogP contribution in [0.1, 0.15) is 40.9 Å². The van der Waals surface area contributed by atoms with Crippen molar-refractivity contribution in [1.29, 1.82) is 0 Å². The fraction of sp³-hybridized carbons (Fsp3) is 0.333. The monoisotopic (exact) mass is 376 g/mol. The fourth-order valence-corrected chi connectivity index (χ4v) is 3.82. The normalized spacial score (nSPS) is 13.6. The minimum absolute atomic E-state index is 0.156. The van der Waals surface area contributed by atoms with Gasteiger partial charge >= 0.3 is 0 Å². The van der Waals surface area contributed by atoms with E-state index in [-0.39, 0.29) is 10.2 Å². The molecule has 0 bridgehead atoms. The van der Waals surface area contributed by atoms with Crippen molar-refractivity contribution in [3.05, 3.63) is 55.7 Å². The van der Waals surface area contributed by atoms with Crippen LogP contribution in [-0.4, -0.2) is 0 Å². The molecule has 1 unspecified atom stereocenters. The standard InChI is InChI=1S/C15H15BrCl2S/c1-15(2,3)13-7-6-12(19-13)14(16)9-4-5-10(17)11(18)8-9/h4-8,14H,1-3H3. The van der Waals surface area contributed by atoms with Crippen molar-refractivity contribution in [1.82, 2.24) is 0 Å². The summed E-state index contributed by atoms with van der Waals surface area (Å²) in [6, 6.07) is 10.1.